The number of carbonyl (C=O) groups is 1. The van der Waals surface area contributed by atoms with E-state index in [0.29, 0.717) is 18.2 Å². The molecule has 2 aliphatic carbocycles. The van der Waals surface area contributed by atoms with Gasteiger partial charge in [0.25, 0.3) is 5.91 Å². The number of hydrogen-bond donors (Lipinski definition) is 1. The van der Waals surface area contributed by atoms with E-state index in [1.165, 1.54) is 0 Å². The normalized spacial score (nSPS) is 16.9. The van der Waals surface area contributed by atoms with Gasteiger partial charge >= 0.3 is 6.18 Å². The lowest BCUT2D eigenvalue weighted by molar-refractivity contribution is -0.141. The van der Waals surface area contributed by atoms with Crippen LogP contribution in [-0.2, 0) is 12.7 Å². The number of halogens is 3. The molecule has 0 aliphatic heterocycles. The van der Waals surface area contributed by atoms with Crippen molar-refractivity contribution in [2.75, 3.05) is 4.90 Å². The SMILES string of the molecule is O=C(NC1CC1)c1ccc(CN(c2nccc(C(F)(F)F)n2)C2CC2)cc1. The maximum Gasteiger partial charge on any atom is 0.433 e. The van der Waals surface area contributed by atoms with Crippen molar-refractivity contribution >= 4 is 11.9 Å². The smallest absolute Gasteiger partial charge is 0.349 e. The van der Waals surface area contributed by atoms with Gasteiger partial charge in [0.1, 0.15) is 5.69 Å². The zero-order valence-electron chi connectivity index (χ0n) is 14.5. The largest absolute Gasteiger partial charge is 0.433 e. The fraction of sp³-hybridized carbons (Fsp3) is 0.421. The lowest BCUT2D eigenvalue weighted by atomic mass is 10.1. The number of anilines is 1. The molecule has 0 spiro atoms. The molecule has 0 bridgehead atoms. The van der Waals surface area contributed by atoms with Crippen LogP contribution in [0, 0.1) is 0 Å². The van der Waals surface area contributed by atoms with Gasteiger partial charge < -0.3 is 10.2 Å². The highest BCUT2D eigenvalue weighted by molar-refractivity contribution is 5.94. The van der Waals surface area contributed by atoms with Gasteiger partial charge in [0.05, 0.1) is 0 Å². The first-order valence-corrected chi connectivity index (χ1v) is 8.97. The molecule has 0 radical (unpaired) electrons. The number of hydrogen-bond acceptors (Lipinski definition) is 4. The summed E-state index contributed by atoms with van der Waals surface area (Å²) in [4.78, 5) is 21.6. The predicted octanol–water partition coefficient (Wildman–Crippen LogP) is 3.56. The fourth-order valence-corrected chi connectivity index (χ4v) is 2.85. The third-order valence-corrected chi connectivity index (χ3v) is 4.66. The Hall–Kier alpha value is -2.64. The molecule has 1 aromatic heterocycles. The van der Waals surface area contributed by atoms with Gasteiger partial charge in [-0.1, -0.05) is 12.1 Å². The van der Waals surface area contributed by atoms with Crippen molar-refractivity contribution in [2.45, 2.75) is 50.5 Å². The van der Waals surface area contributed by atoms with E-state index in [-0.39, 0.29) is 17.9 Å². The number of nitrogens with one attached hydrogen (secondary N) is 1. The lowest BCUT2D eigenvalue weighted by Gasteiger charge is -2.23. The summed E-state index contributed by atoms with van der Waals surface area (Å²) < 4.78 is 38.8. The summed E-state index contributed by atoms with van der Waals surface area (Å²) in [6.07, 6.45) is 0.507. The highest BCUT2D eigenvalue weighted by Gasteiger charge is 2.35. The van der Waals surface area contributed by atoms with Crippen molar-refractivity contribution in [2.24, 2.45) is 0 Å². The van der Waals surface area contributed by atoms with Crippen LogP contribution >= 0.6 is 0 Å². The van der Waals surface area contributed by atoms with Crippen molar-refractivity contribution < 1.29 is 18.0 Å². The van der Waals surface area contributed by atoms with Gasteiger partial charge in [-0.05, 0) is 49.4 Å². The zero-order valence-corrected chi connectivity index (χ0v) is 14.5. The van der Waals surface area contributed by atoms with Crippen LogP contribution < -0.4 is 10.2 Å². The first kappa shape index (κ1) is 17.8. The summed E-state index contributed by atoms with van der Waals surface area (Å²) in [6, 6.07) is 8.44. The quantitative estimate of drug-likeness (QED) is 0.838. The summed E-state index contributed by atoms with van der Waals surface area (Å²) in [7, 11) is 0. The topological polar surface area (TPSA) is 58.1 Å². The van der Waals surface area contributed by atoms with Crippen molar-refractivity contribution in [1.82, 2.24) is 15.3 Å². The van der Waals surface area contributed by atoms with Gasteiger partial charge in [0.2, 0.25) is 5.95 Å². The molecule has 0 atom stereocenters. The predicted molar refractivity (Wildman–Crippen MR) is 93.2 cm³/mol. The van der Waals surface area contributed by atoms with E-state index in [9.17, 15) is 18.0 Å². The second-order valence-corrected chi connectivity index (χ2v) is 7.04. The van der Waals surface area contributed by atoms with Crippen molar-refractivity contribution in [3.05, 3.63) is 53.3 Å². The molecule has 5 nitrogen and oxygen atoms in total. The van der Waals surface area contributed by atoms with Crippen molar-refractivity contribution in [3.63, 3.8) is 0 Å². The van der Waals surface area contributed by atoms with Crippen LogP contribution in [0.4, 0.5) is 19.1 Å². The molecule has 0 unspecified atom stereocenters. The Morgan fingerprint density at radius 3 is 2.41 bits per heavy atom. The molecular formula is C19H19F3N4O. The van der Waals surface area contributed by atoms with Crippen LogP contribution in [0.3, 0.4) is 0 Å². The first-order valence-electron chi connectivity index (χ1n) is 8.97. The molecular weight excluding hydrogens is 357 g/mol. The lowest BCUT2D eigenvalue weighted by Crippen LogP contribution is -2.28. The highest BCUT2D eigenvalue weighted by atomic mass is 19.4. The van der Waals surface area contributed by atoms with E-state index in [1.54, 1.807) is 17.0 Å². The molecule has 2 aliphatic rings. The van der Waals surface area contributed by atoms with Crippen LogP contribution in [0.2, 0.25) is 0 Å². The highest BCUT2D eigenvalue weighted by Crippen LogP contribution is 2.33. The van der Waals surface area contributed by atoms with E-state index >= 15 is 0 Å². The Morgan fingerprint density at radius 1 is 1.11 bits per heavy atom. The minimum Gasteiger partial charge on any atom is -0.349 e. The van der Waals surface area contributed by atoms with Gasteiger partial charge in [0, 0.05) is 30.4 Å². The summed E-state index contributed by atoms with van der Waals surface area (Å²) >= 11 is 0. The minimum atomic E-state index is -4.50. The maximum absolute atomic E-state index is 12.9. The van der Waals surface area contributed by atoms with E-state index < -0.39 is 11.9 Å². The Morgan fingerprint density at radius 2 is 1.81 bits per heavy atom. The second kappa shape index (κ2) is 6.83. The van der Waals surface area contributed by atoms with E-state index in [4.69, 9.17) is 0 Å². The van der Waals surface area contributed by atoms with Gasteiger partial charge in [-0.2, -0.15) is 13.2 Å². The molecule has 2 saturated carbocycles. The number of benzene rings is 1. The monoisotopic (exact) mass is 376 g/mol. The Bertz CT molecular complexity index is 830. The number of alkyl halides is 3. The van der Waals surface area contributed by atoms with E-state index in [2.05, 4.69) is 15.3 Å². The fourth-order valence-electron chi connectivity index (χ4n) is 2.85. The number of nitrogens with zero attached hydrogens (tertiary/aromatic N) is 3. The first-order chi connectivity index (χ1) is 12.9. The van der Waals surface area contributed by atoms with Gasteiger partial charge in [0.15, 0.2) is 0 Å². The van der Waals surface area contributed by atoms with Crippen LogP contribution in [0.25, 0.3) is 0 Å². The van der Waals surface area contributed by atoms with Crippen LogP contribution in [0.1, 0.15) is 47.3 Å². The minimum absolute atomic E-state index is 0.0860. The van der Waals surface area contributed by atoms with Crippen LogP contribution in [0.5, 0.6) is 0 Å². The molecule has 1 aromatic carbocycles. The molecule has 2 fully saturated rings. The summed E-state index contributed by atoms with van der Waals surface area (Å²) in [5.74, 6) is -0.00723. The maximum atomic E-state index is 12.9. The number of carbonyl (C=O) groups excluding carboxylic acids is 1. The van der Waals surface area contributed by atoms with Gasteiger partial charge in [-0.25, -0.2) is 9.97 Å². The van der Waals surface area contributed by atoms with E-state index in [1.807, 2.05) is 12.1 Å². The third-order valence-electron chi connectivity index (χ3n) is 4.66. The zero-order chi connectivity index (χ0) is 19.0. The standard InChI is InChI=1S/C19H19F3N4O/c20-19(21,22)16-9-10-23-18(25-16)26(15-7-8-15)11-12-1-3-13(4-2-12)17(27)24-14-5-6-14/h1-4,9-10,14-15H,5-8,11H2,(H,24,27). The number of rotatable bonds is 6. The summed E-state index contributed by atoms with van der Waals surface area (Å²) in [6.45, 7) is 0.399. The molecule has 8 heteroatoms. The average Bonchev–Trinajstić information content (AvgIpc) is 3.54. The Balaban J connectivity index is 1.50. The molecule has 2 aromatic rings. The van der Waals surface area contributed by atoms with Gasteiger partial charge in [-0.15, -0.1) is 0 Å². The molecule has 1 N–H and O–H groups in total. The number of amides is 1. The van der Waals surface area contributed by atoms with Crippen LogP contribution in [0.15, 0.2) is 36.5 Å². The molecule has 1 amide bonds. The van der Waals surface area contributed by atoms with Crippen LogP contribution in [-0.4, -0.2) is 28.0 Å². The summed E-state index contributed by atoms with van der Waals surface area (Å²) in [5, 5.41) is 2.93. The Kier molecular flexibility index (Phi) is 4.49. The van der Waals surface area contributed by atoms with Crippen molar-refractivity contribution in [1.29, 1.82) is 0 Å². The van der Waals surface area contributed by atoms with E-state index in [0.717, 1.165) is 43.5 Å². The summed E-state index contributed by atoms with van der Waals surface area (Å²) in [5.41, 5.74) is 0.537. The number of aromatic nitrogens is 2. The average molecular weight is 376 g/mol. The molecule has 4 rings (SSSR count). The molecule has 27 heavy (non-hydrogen) atoms. The second-order valence-electron chi connectivity index (χ2n) is 7.04. The van der Waals surface area contributed by atoms with Crippen molar-refractivity contribution in [3.8, 4) is 0 Å². The molecule has 1 heterocycles. The Labute approximate surface area is 154 Å². The van der Waals surface area contributed by atoms with Gasteiger partial charge in [-0.3, -0.25) is 4.79 Å². The molecule has 142 valence electrons. The third kappa shape index (κ3) is 4.37. The molecule has 0 saturated heterocycles.